The van der Waals surface area contributed by atoms with Gasteiger partial charge < -0.3 is 14.7 Å². The molecule has 0 unspecified atom stereocenters. The maximum absolute atomic E-state index is 10.3. The highest BCUT2D eigenvalue weighted by atomic mass is 16.6. The van der Waals surface area contributed by atoms with Gasteiger partial charge in [0.05, 0.1) is 12.3 Å². The number of oxime groups is 1. The number of carboxylic acid groups (broad SMARTS) is 1. The molecule has 0 fully saturated rings. The predicted octanol–water partition coefficient (Wildman–Crippen LogP) is 1.27. The molecule has 1 N–H and O–H groups in total. The Kier molecular flexibility index (Phi) is 3.05. The first kappa shape index (κ1) is 10.5. The molecule has 84 valence electrons. The fraction of sp³-hybridized carbons (Fsp3) is 0.273. The first-order valence-corrected chi connectivity index (χ1v) is 4.90. The number of hydrogen-bond acceptors (Lipinski definition) is 4. The van der Waals surface area contributed by atoms with Crippen molar-refractivity contribution in [3.8, 4) is 5.75 Å². The summed E-state index contributed by atoms with van der Waals surface area (Å²) in [6.07, 6.45) is 0.622. The fourth-order valence-electron chi connectivity index (χ4n) is 1.48. The van der Waals surface area contributed by atoms with Crippen LogP contribution in [0.5, 0.6) is 5.75 Å². The lowest BCUT2D eigenvalue weighted by Crippen LogP contribution is -2.17. The molecule has 1 heterocycles. The maximum atomic E-state index is 10.3. The number of para-hydroxylation sites is 1. The molecular formula is C11H11NO4. The average Bonchev–Trinajstić information content (AvgIpc) is 2.29. The van der Waals surface area contributed by atoms with Crippen LogP contribution in [0.25, 0.3) is 0 Å². The number of hydrogen-bond donors (Lipinski definition) is 1. The molecule has 2 rings (SSSR count). The molecule has 0 spiro atoms. The average molecular weight is 221 g/mol. The standard InChI is InChI=1S/C11H11NO4/c13-11(14)7-16-12-9-5-6-15-10-4-2-1-3-8(9)10/h1-4H,5-7H2,(H,13,14). The van der Waals surface area contributed by atoms with E-state index in [1.165, 1.54) is 0 Å². The zero-order chi connectivity index (χ0) is 11.4. The lowest BCUT2D eigenvalue weighted by Gasteiger charge is -2.17. The van der Waals surface area contributed by atoms with E-state index in [0.717, 1.165) is 17.0 Å². The van der Waals surface area contributed by atoms with Gasteiger partial charge in [0.1, 0.15) is 5.75 Å². The van der Waals surface area contributed by atoms with Gasteiger partial charge in [0.15, 0.2) is 0 Å². The number of ether oxygens (including phenoxy) is 1. The molecule has 1 aromatic rings. The Labute approximate surface area is 92.3 Å². The second-order valence-electron chi connectivity index (χ2n) is 3.30. The molecule has 5 nitrogen and oxygen atoms in total. The number of fused-ring (bicyclic) bond motifs is 1. The van der Waals surface area contributed by atoms with Gasteiger partial charge in [0.25, 0.3) is 0 Å². The highest BCUT2D eigenvalue weighted by Crippen LogP contribution is 2.24. The van der Waals surface area contributed by atoms with E-state index in [4.69, 9.17) is 14.7 Å². The summed E-state index contributed by atoms with van der Waals surface area (Å²) in [5, 5.41) is 12.2. The number of benzene rings is 1. The number of carbonyl (C=O) groups is 1. The van der Waals surface area contributed by atoms with Crippen LogP contribution in [0.4, 0.5) is 0 Å². The number of carboxylic acids is 1. The zero-order valence-electron chi connectivity index (χ0n) is 8.55. The molecular weight excluding hydrogens is 210 g/mol. The van der Waals surface area contributed by atoms with Crippen LogP contribution in [0.2, 0.25) is 0 Å². The molecule has 0 saturated heterocycles. The smallest absolute Gasteiger partial charge is 0.344 e. The number of rotatable bonds is 3. The third-order valence-electron chi connectivity index (χ3n) is 2.16. The van der Waals surface area contributed by atoms with Crippen LogP contribution in [0, 0.1) is 0 Å². The van der Waals surface area contributed by atoms with Gasteiger partial charge in [0.2, 0.25) is 6.61 Å². The van der Waals surface area contributed by atoms with Crippen LogP contribution in [-0.2, 0) is 9.63 Å². The lowest BCUT2D eigenvalue weighted by atomic mass is 10.0. The minimum Gasteiger partial charge on any atom is -0.492 e. The highest BCUT2D eigenvalue weighted by molar-refractivity contribution is 6.03. The Morgan fingerprint density at radius 2 is 2.31 bits per heavy atom. The summed E-state index contributed by atoms with van der Waals surface area (Å²) in [5.74, 6) is -0.281. The van der Waals surface area contributed by atoms with Crippen molar-refractivity contribution in [1.82, 2.24) is 0 Å². The van der Waals surface area contributed by atoms with Gasteiger partial charge in [-0.05, 0) is 12.1 Å². The van der Waals surface area contributed by atoms with Crippen molar-refractivity contribution < 1.29 is 19.5 Å². The summed E-state index contributed by atoms with van der Waals surface area (Å²) in [7, 11) is 0. The van der Waals surface area contributed by atoms with Crippen molar-refractivity contribution in [2.45, 2.75) is 6.42 Å². The van der Waals surface area contributed by atoms with Crippen LogP contribution in [0.3, 0.4) is 0 Å². The van der Waals surface area contributed by atoms with Gasteiger partial charge in [-0.2, -0.15) is 0 Å². The molecule has 1 aliphatic heterocycles. The van der Waals surface area contributed by atoms with Crippen LogP contribution in [0.15, 0.2) is 29.4 Å². The Bertz CT molecular complexity index is 428. The van der Waals surface area contributed by atoms with Crippen molar-refractivity contribution in [3.05, 3.63) is 29.8 Å². The summed E-state index contributed by atoms with van der Waals surface area (Å²) in [6, 6.07) is 7.47. The minimum absolute atomic E-state index is 0.424. The van der Waals surface area contributed by atoms with Crippen molar-refractivity contribution in [1.29, 1.82) is 0 Å². The minimum atomic E-state index is -1.04. The van der Waals surface area contributed by atoms with Crippen molar-refractivity contribution in [3.63, 3.8) is 0 Å². The van der Waals surface area contributed by atoms with E-state index < -0.39 is 12.6 Å². The highest BCUT2D eigenvalue weighted by Gasteiger charge is 2.16. The topological polar surface area (TPSA) is 68.1 Å². The van der Waals surface area contributed by atoms with Gasteiger partial charge in [-0.15, -0.1) is 0 Å². The summed E-state index contributed by atoms with van der Waals surface area (Å²) >= 11 is 0. The summed E-state index contributed by atoms with van der Waals surface area (Å²) in [6.45, 7) is 0.110. The van der Waals surface area contributed by atoms with Crippen LogP contribution >= 0.6 is 0 Å². The van der Waals surface area contributed by atoms with E-state index >= 15 is 0 Å². The first-order valence-electron chi connectivity index (χ1n) is 4.90. The Hall–Kier alpha value is -2.04. The molecule has 0 amide bonds. The van der Waals surface area contributed by atoms with Crippen LogP contribution in [-0.4, -0.2) is 30.0 Å². The van der Waals surface area contributed by atoms with Crippen molar-refractivity contribution >= 4 is 11.7 Å². The fourth-order valence-corrected chi connectivity index (χ4v) is 1.48. The quantitative estimate of drug-likeness (QED) is 0.780. The van der Waals surface area contributed by atoms with Gasteiger partial charge in [-0.1, -0.05) is 17.3 Å². The lowest BCUT2D eigenvalue weighted by molar-refractivity contribution is -0.142. The normalized spacial score (nSPS) is 16.4. The molecule has 0 aromatic heterocycles. The summed E-state index contributed by atoms with van der Waals surface area (Å²) < 4.78 is 5.43. The van der Waals surface area contributed by atoms with E-state index in [1.807, 2.05) is 24.3 Å². The van der Waals surface area contributed by atoms with Gasteiger partial charge in [-0.25, -0.2) is 4.79 Å². The molecule has 0 aliphatic carbocycles. The number of nitrogens with zero attached hydrogens (tertiary/aromatic N) is 1. The summed E-state index contributed by atoms with van der Waals surface area (Å²) in [4.78, 5) is 15.0. The molecule has 16 heavy (non-hydrogen) atoms. The molecule has 1 aromatic carbocycles. The predicted molar refractivity (Wildman–Crippen MR) is 56.7 cm³/mol. The SMILES string of the molecule is O=C(O)CON=C1CCOc2ccccc21. The molecule has 0 radical (unpaired) electrons. The third-order valence-corrected chi connectivity index (χ3v) is 2.16. The van der Waals surface area contributed by atoms with Crippen LogP contribution in [0.1, 0.15) is 12.0 Å². The van der Waals surface area contributed by atoms with Crippen molar-refractivity contribution in [2.75, 3.05) is 13.2 Å². The Balaban J connectivity index is 2.15. The van der Waals surface area contributed by atoms with E-state index in [-0.39, 0.29) is 0 Å². The zero-order valence-corrected chi connectivity index (χ0v) is 8.55. The number of aliphatic carboxylic acids is 1. The molecule has 0 saturated carbocycles. The van der Waals surface area contributed by atoms with Gasteiger partial charge in [0, 0.05) is 12.0 Å². The first-order chi connectivity index (χ1) is 7.77. The van der Waals surface area contributed by atoms with E-state index in [1.54, 1.807) is 0 Å². The van der Waals surface area contributed by atoms with Gasteiger partial charge >= 0.3 is 5.97 Å². The Morgan fingerprint density at radius 3 is 3.12 bits per heavy atom. The maximum Gasteiger partial charge on any atom is 0.344 e. The van der Waals surface area contributed by atoms with Crippen LogP contribution < -0.4 is 4.74 Å². The monoisotopic (exact) mass is 221 g/mol. The second-order valence-corrected chi connectivity index (χ2v) is 3.30. The van der Waals surface area contributed by atoms with Gasteiger partial charge in [-0.3, -0.25) is 0 Å². The third kappa shape index (κ3) is 2.31. The molecule has 1 aliphatic rings. The van der Waals surface area contributed by atoms with E-state index in [2.05, 4.69) is 5.16 Å². The largest absolute Gasteiger partial charge is 0.492 e. The molecule has 5 heteroatoms. The molecule has 0 atom stereocenters. The molecule has 0 bridgehead atoms. The van der Waals surface area contributed by atoms with E-state index in [9.17, 15) is 4.79 Å². The van der Waals surface area contributed by atoms with Crippen molar-refractivity contribution in [2.24, 2.45) is 5.16 Å². The van der Waals surface area contributed by atoms with E-state index in [0.29, 0.717) is 13.0 Å². The Morgan fingerprint density at radius 1 is 1.50 bits per heavy atom. The second kappa shape index (κ2) is 4.65. The summed E-state index contributed by atoms with van der Waals surface area (Å²) in [5.41, 5.74) is 1.59.